The van der Waals surface area contributed by atoms with Crippen LogP contribution in [-0.2, 0) is 20.6 Å². The van der Waals surface area contributed by atoms with E-state index in [0.29, 0.717) is 41.4 Å². The third-order valence-corrected chi connectivity index (χ3v) is 6.95. The third kappa shape index (κ3) is 6.20. The highest BCUT2D eigenvalue weighted by atomic mass is 35.5. The number of amides is 1. The molecule has 0 bridgehead atoms. The number of benzene rings is 2. The van der Waals surface area contributed by atoms with Crippen molar-refractivity contribution in [1.29, 1.82) is 0 Å². The van der Waals surface area contributed by atoms with Crippen molar-refractivity contribution >= 4 is 33.2 Å². The van der Waals surface area contributed by atoms with E-state index in [2.05, 4.69) is 5.32 Å². The molecule has 0 unspecified atom stereocenters. The van der Waals surface area contributed by atoms with E-state index in [1.807, 2.05) is 26.0 Å². The van der Waals surface area contributed by atoms with Crippen molar-refractivity contribution in [3.63, 3.8) is 0 Å². The van der Waals surface area contributed by atoms with E-state index in [0.717, 1.165) is 0 Å². The van der Waals surface area contributed by atoms with Gasteiger partial charge in [-0.1, -0.05) is 29.8 Å². The zero-order valence-electron chi connectivity index (χ0n) is 17.2. The Labute approximate surface area is 183 Å². The highest BCUT2D eigenvalue weighted by molar-refractivity contribution is 7.88. The molecule has 1 amide bonds. The monoisotopic (exact) mass is 450 g/mol. The highest BCUT2D eigenvalue weighted by Gasteiger charge is 2.32. The molecule has 0 spiro atoms. The van der Waals surface area contributed by atoms with Crippen molar-refractivity contribution in [3.8, 4) is 5.75 Å². The van der Waals surface area contributed by atoms with Crippen LogP contribution in [0.2, 0.25) is 5.02 Å². The summed E-state index contributed by atoms with van der Waals surface area (Å²) in [5, 5.41) is 3.46. The smallest absolute Gasteiger partial charge is 0.228 e. The molecule has 1 aliphatic rings. The van der Waals surface area contributed by atoms with Crippen LogP contribution in [0.25, 0.3) is 0 Å². The van der Waals surface area contributed by atoms with Crippen molar-refractivity contribution in [3.05, 3.63) is 59.1 Å². The van der Waals surface area contributed by atoms with Gasteiger partial charge in [-0.05, 0) is 56.5 Å². The molecule has 1 aliphatic heterocycles. The second kappa shape index (κ2) is 9.81. The van der Waals surface area contributed by atoms with Crippen LogP contribution in [0.4, 0.5) is 5.69 Å². The van der Waals surface area contributed by atoms with Gasteiger partial charge in [-0.15, -0.1) is 0 Å². The van der Waals surface area contributed by atoms with Gasteiger partial charge in [0.25, 0.3) is 0 Å². The Bertz CT molecular complexity index is 977. The number of nitrogens with one attached hydrogen (secondary N) is 1. The molecular formula is C22H27ClN2O4S. The van der Waals surface area contributed by atoms with E-state index in [9.17, 15) is 13.2 Å². The molecule has 1 atom stereocenters. The van der Waals surface area contributed by atoms with Crippen LogP contribution < -0.4 is 10.1 Å². The summed E-state index contributed by atoms with van der Waals surface area (Å²) in [6.45, 7) is 4.49. The lowest BCUT2D eigenvalue weighted by Gasteiger charge is -2.31. The molecule has 162 valence electrons. The second-order valence-corrected chi connectivity index (χ2v) is 10.2. The van der Waals surface area contributed by atoms with Crippen LogP contribution >= 0.6 is 11.6 Å². The Morgan fingerprint density at radius 1 is 1.23 bits per heavy atom. The lowest BCUT2D eigenvalue weighted by atomic mass is 9.98. The van der Waals surface area contributed by atoms with E-state index in [4.69, 9.17) is 16.3 Å². The summed E-state index contributed by atoms with van der Waals surface area (Å²) >= 11 is 5.87. The van der Waals surface area contributed by atoms with Gasteiger partial charge in [0.05, 0.1) is 17.8 Å². The number of hydrogen-bond acceptors (Lipinski definition) is 4. The van der Waals surface area contributed by atoms with Crippen LogP contribution in [-0.4, -0.2) is 37.8 Å². The number of carbonyl (C=O) groups excluding carboxylic acids is 1. The van der Waals surface area contributed by atoms with Crippen LogP contribution in [0.1, 0.15) is 32.3 Å². The van der Waals surface area contributed by atoms with Crippen LogP contribution in [0, 0.1) is 5.92 Å². The minimum absolute atomic E-state index is 0.0358. The molecule has 30 heavy (non-hydrogen) atoms. The van der Waals surface area contributed by atoms with E-state index in [1.54, 1.807) is 36.4 Å². The molecule has 2 aromatic carbocycles. The number of hydrogen-bond donors (Lipinski definition) is 1. The van der Waals surface area contributed by atoms with Gasteiger partial charge >= 0.3 is 0 Å². The Balaban J connectivity index is 1.63. The predicted molar refractivity (Wildman–Crippen MR) is 119 cm³/mol. The standard InChI is InChI=1S/C22H27ClN2O4S/c1-16(2)29-21-7-3-6-20(13-21)24-22(26)18-5-4-12-25(14-18)30(27,28)15-17-8-10-19(23)11-9-17/h3,6-11,13,16,18H,4-5,12,14-15H2,1-2H3,(H,24,26)/t18-/m1/s1. The zero-order valence-corrected chi connectivity index (χ0v) is 18.7. The number of sulfonamides is 1. The zero-order chi connectivity index (χ0) is 21.7. The van der Waals surface area contributed by atoms with Crippen molar-refractivity contribution in [2.75, 3.05) is 18.4 Å². The molecule has 8 heteroatoms. The molecule has 2 aromatic rings. The summed E-state index contributed by atoms with van der Waals surface area (Å²) in [4.78, 5) is 12.8. The molecule has 0 aliphatic carbocycles. The van der Waals surface area contributed by atoms with E-state index < -0.39 is 15.9 Å². The van der Waals surface area contributed by atoms with E-state index >= 15 is 0 Å². The summed E-state index contributed by atoms with van der Waals surface area (Å²) < 4.78 is 32.8. The van der Waals surface area contributed by atoms with Gasteiger partial charge in [-0.3, -0.25) is 4.79 Å². The number of ether oxygens (including phenoxy) is 1. The summed E-state index contributed by atoms with van der Waals surface area (Å²) in [7, 11) is -3.52. The number of halogens is 1. The lowest BCUT2D eigenvalue weighted by Crippen LogP contribution is -2.44. The first-order valence-electron chi connectivity index (χ1n) is 10.0. The second-order valence-electron chi connectivity index (χ2n) is 7.76. The molecule has 0 saturated carbocycles. The third-order valence-electron chi connectivity index (χ3n) is 4.88. The average molecular weight is 451 g/mol. The first-order chi connectivity index (χ1) is 14.2. The molecular weight excluding hydrogens is 424 g/mol. The van der Waals surface area contributed by atoms with Crippen molar-refractivity contribution in [2.45, 2.75) is 38.5 Å². The van der Waals surface area contributed by atoms with Gasteiger partial charge in [0.15, 0.2) is 0 Å². The van der Waals surface area contributed by atoms with Gasteiger partial charge < -0.3 is 10.1 Å². The molecule has 1 N–H and O–H groups in total. The van der Waals surface area contributed by atoms with Gasteiger partial charge in [0.1, 0.15) is 5.75 Å². The van der Waals surface area contributed by atoms with Crippen LogP contribution in [0.5, 0.6) is 5.75 Å². The summed E-state index contributed by atoms with van der Waals surface area (Å²) in [6.07, 6.45) is 1.34. The number of rotatable bonds is 7. The Morgan fingerprint density at radius 3 is 2.67 bits per heavy atom. The predicted octanol–water partition coefficient (Wildman–Crippen LogP) is 4.31. The fourth-order valence-corrected chi connectivity index (χ4v) is 5.19. The SMILES string of the molecule is CC(C)Oc1cccc(NC(=O)[C@@H]2CCCN(S(=O)(=O)Cc3ccc(Cl)cc3)C2)c1. The maximum atomic E-state index is 12.9. The van der Waals surface area contributed by atoms with Gasteiger partial charge in [0, 0.05) is 29.9 Å². The largest absolute Gasteiger partial charge is 0.491 e. The summed E-state index contributed by atoms with van der Waals surface area (Å²) in [6, 6.07) is 14.0. The normalized spacial score (nSPS) is 17.7. The minimum Gasteiger partial charge on any atom is -0.491 e. The van der Waals surface area contributed by atoms with Crippen LogP contribution in [0.15, 0.2) is 48.5 Å². The maximum Gasteiger partial charge on any atom is 0.228 e. The summed E-state index contributed by atoms with van der Waals surface area (Å²) in [5.74, 6) is 0.00252. The Hall–Kier alpha value is -2.09. The first-order valence-corrected chi connectivity index (χ1v) is 12.0. The number of piperidine rings is 1. The Kier molecular flexibility index (Phi) is 7.39. The van der Waals surface area contributed by atoms with Crippen molar-refractivity contribution in [1.82, 2.24) is 4.31 Å². The summed E-state index contributed by atoms with van der Waals surface area (Å²) in [5.41, 5.74) is 1.31. The molecule has 6 nitrogen and oxygen atoms in total. The fraction of sp³-hybridized carbons (Fsp3) is 0.409. The first kappa shape index (κ1) is 22.6. The number of nitrogens with zero attached hydrogens (tertiary/aromatic N) is 1. The van der Waals surface area contributed by atoms with Gasteiger partial charge in [-0.2, -0.15) is 0 Å². The highest BCUT2D eigenvalue weighted by Crippen LogP contribution is 2.24. The van der Waals surface area contributed by atoms with Crippen molar-refractivity contribution < 1.29 is 17.9 Å². The van der Waals surface area contributed by atoms with E-state index in [1.165, 1.54) is 4.31 Å². The maximum absolute atomic E-state index is 12.9. The minimum atomic E-state index is -3.52. The van der Waals surface area contributed by atoms with Crippen LogP contribution in [0.3, 0.4) is 0 Å². The number of anilines is 1. The van der Waals surface area contributed by atoms with Gasteiger partial charge in [-0.25, -0.2) is 12.7 Å². The Morgan fingerprint density at radius 2 is 1.97 bits per heavy atom. The average Bonchev–Trinajstić information content (AvgIpc) is 2.69. The molecule has 1 fully saturated rings. The molecule has 3 rings (SSSR count). The molecule has 0 radical (unpaired) electrons. The molecule has 1 saturated heterocycles. The van der Waals surface area contributed by atoms with E-state index in [-0.39, 0.29) is 24.3 Å². The van der Waals surface area contributed by atoms with Crippen molar-refractivity contribution in [2.24, 2.45) is 5.92 Å². The topological polar surface area (TPSA) is 75.7 Å². The fourth-order valence-electron chi connectivity index (χ4n) is 3.46. The lowest BCUT2D eigenvalue weighted by molar-refractivity contribution is -0.120. The molecule has 0 aromatic heterocycles. The molecule has 1 heterocycles. The quantitative estimate of drug-likeness (QED) is 0.682. The number of carbonyl (C=O) groups is 1. The van der Waals surface area contributed by atoms with Gasteiger partial charge in [0.2, 0.25) is 15.9 Å².